The smallest absolute Gasteiger partial charge is 0.136 e. The molecule has 4 nitrogen and oxygen atoms in total. The third-order valence-electron chi connectivity index (χ3n) is 4.80. The van der Waals surface area contributed by atoms with Gasteiger partial charge in [-0.1, -0.05) is 6.07 Å². The second-order valence-electron chi connectivity index (χ2n) is 6.12. The number of likely N-dealkylation sites (tertiary alicyclic amines) is 1. The first-order valence-electron chi connectivity index (χ1n) is 7.82. The van der Waals surface area contributed by atoms with Crippen LogP contribution < -0.4 is 10.5 Å². The molecule has 0 radical (unpaired) electrons. The van der Waals surface area contributed by atoms with Gasteiger partial charge in [0.15, 0.2) is 0 Å². The van der Waals surface area contributed by atoms with Crippen LogP contribution in [0.15, 0.2) is 18.2 Å². The van der Waals surface area contributed by atoms with Crippen molar-refractivity contribution in [1.29, 1.82) is 5.26 Å². The van der Waals surface area contributed by atoms with Crippen LogP contribution in [0.25, 0.3) is 0 Å². The van der Waals surface area contributed by atoms with Gasteiger partial charge < -0.3 is 10.5 Å². The van der Waals surface area contributed by atoms with E-state index >= 15 is 0 Å². The molecular formula is C17H23N3O. The number of nitrogens with two attached hydrogens (primary N) is 1. The first-order chi connectivity index (χ1) is 10.3. The van der Waals surface area contributed by atoms with E-state index in [0.29, 0.717) is 29.8 Å². The van der Waals surface area contributed by atoms with E-state index in [2.05, 4.69) is 17.0 Å². The molecule has 1 aliphatic carbocycles. The van der Waals surface area contributed by atoms with Crippen LogP contribution in [0.3, 0.4) is 0 Å². The number of rotatable bonds is 4. The van der Waals surface area contributed by atoms with Crippen molar-refractivity contribution in [2.45, 2.75) is 37.8 Å². The van der Waals surface area contributed by atoms with E-state index in [1.807, 2.05) is 12.1 Å². The highest BCUT2D eigenvalue weighted by Gasteiger charge is 2.40. The standard InChI is InChI=1S/C17H23N3O/c1-21-16-7-4-12(9-14(16)11-19)17-13(10-18)3-2-8-20(17)15-5-6-15/h4,7,9,13,15,17H,2-3,5-6,8,10,18H2,1H3. The van der Waals surface area contributed by atoms with Gasteiger partial charge in [-0.05, 0) is 62.4 Å². The fourth-order valence-corrected chi connectivity index (χ4v) is 3.63. The van der Waals surface area contributed by atoms with Crippen molar-refractivity contribution in [3.05, 3.63) is 29.3 Å². The molecule has 4 heteroatoms. The van der Waals surface area contributed by atoms with E-state index in [0.717, 1.165) is 12.6 Å². The maximum atomic E-state index is 9.31. The lowest BCUT2D eigenvalue weighted by Crippen LogP contribution is -2.42. The lowest BCUT2D eigenvalue weighted by Gasteiger charge is -2.41. The van der Waals surface area contributed by atoms with Crippen LogP contribution in [0.5, 0.6) is 5.75 Å². The highest BCUT2D eigenvalue weighted by Crippen LogP contribution is 2.43. The Hall–Kier alpha value is -1.57. The number of nitrogens with zero attached hydrogens (tertiary/aromatic N) is 2. The fourth-order valence-electron chi connectivity index (χ4n) is 3.63. The highest BCUT2D eigenvalue weighted by atomic mass is 16.5. The van der Waals surface area contributed by atoms with E-state index < -0.39 is 0 Å². The zero-order valence-electron chi connectivity index (χ0n) is 12.6. The summed E-state index contributed by atoms with van der Waals surface area (Å²) < 4.78 is 5.26. The van der Waals surface area contributed by atoms with E-state index in [4.69, 9.17) is 10.5 Å². The zero-order chi connectivity index (χ0) is 14.8. The molecule has 1 heterocycles. The van der Waals surface area contributed by atoms with Gasteiger partial charge in [0.05, 0.1) is 12.7 Å². The predicted molar refractivity (Wildman–Crippen MR) is 82.0 cm³/mol. The molecule has 112 valence electrons. The minimum atomic E-state index is 0.356. The molecule has 0 aromatic heterocycles. The molecule has 2 N–H and O–H groups in total. The summed E-state index contributed by atoms with van der Waals surface area (Å²) >= 11 is 0. The molecule has 21 heavy (non-hydrogen) atoms. The zero-order valence-corrected chi connectivity index (χ0v) is 12.6. The Morgan fingerprint density at radius 1 is 1.38 bits per heavy atom. The molecule has 0 spiro atoms. The van der Waals surface area contributed by atoms with Crippen LogP contribution in [0, 0.1) is 17.2 Å². The third kappa shape index (κ3) is 2.76. The Morgan fingerprint density at radius 3 is 2.81 bits per heavy atom. The maximum absolute atomic E-state index is 9.31. The topological polar surface area (TPSA) is 62.3 Å². The fraction of sp³-hybridized carbons (Fsp3) is 0.588. The highest BCUT2D eigenvalue weighted by molar-refractivity contribution is 5.46. The lowest BCUT2D eigenvalue weighted by atomic mass is 9.84. The van der Waals surface area contributed by atoms with Crippen LogP contribution in [-0.2, 0) is 0 Å². The average molecular weight is 285 g/mol. The molecule has 0 amide bonds. The molecule has 2 fully saturated rings. The Labute approximate surface area is 126 Å². The monoisotopic (exact) mass is 285 g/mol. The van der Waals surface area contributed by atoms with Gasteiger partial charge in [-0.25, -0.2) is 0 Å². The molecule has 1 saturated heterocycles. The van der Waals surface area contributed by atoms with Crippen LogP contribution >= 0.6 is 0 Å². The summed E-state index contributed by atoms with van der Waals surface area (Å²) in [5, 5.41) is 9.31. The number of ether oxygens (including phenoxy) is 1. The van der Waals surface area contributed by atoms with Gasteiger partial charge in [0.25, 0.3) is 0 Å². The minimum Gasteiger partial charge on any atom is -0.495 e. The van der Waals surface area contributed by atoms with Crippen molar-refractivity contribution >= 4 is 0 Å². The van der Waals surface area contributed by atoms with Crippen LogP contribution in [0.4, 0.5) is 0 Å². The summed E-state index contributed by atoms with van der Waals surface area (Å²) in [4.78, 5) is 2.62. The largest absolute Gasteiger partial charge is 0.495 e. The number of nitriles is 1. The molecule has 1 saturated carbocycles. The molecule has 2 atom stereocenters. The quantitative estimate of drug-likeness (QED) is 0.923. The summed E-state index contributed by atoms with van der Waals surface area (Å²) in [7, 11) is 1.61. The van der Waals surface area contributed by atoms with Crippen LogP contribution in [0.1, 0.15) is 42.9 Å². The molecular weight excluding hydrogens is 262 g/mol. The normalized spacial score (nSPS) is 26.3. The number of hydrogen-bond acceptors (Lipinski definition) is 4. The second-order valence-corrected chi connectivity index (χ2v) is 6.12. The molecule has 0 bridgehead atoms. The SMILES string of the molecule is COc1ccc(C2C(CN)CCCN2C2CC2)cc1C#N. The predicted octanol–water partition coefficient (Wildman–Crippen LogP) is 2.44. The number of benzene rings is 1. The van der Waals surface area contributed by atoms with Gasteiger partial charge in [-0.15, -0.1) is 0 Å². The first kappa shape index (κ1) is 14.4. The van der Waals surface area contributed by atoms with Gasteiger partial charge in [0.2, 0.25) is 0 Å². The molecule has 2 unspecified atom stereocenters. The van der Waals surface area contributed by atoms with E-state index in [1.54, 1.807) is 7.11 Å². The Morgan fingerprint density at radius 2 is 2.19 bits per heavy atom. The van der Waals surface area contributed by atoms with Crippen LogP contribution in [0.2, 0.25) is 0 Å². The van der Waals surface area contributed by atoms with Gasteiger partial charge >= 0.3 is 0 Å². The molecule has 1 aromatic carbocycles. The van der Waals surface area contributed by atoms with Crippen LogP contribution in [-0.4, -0.2) is 31.1 Å². The summed E-state index contributed by atoms with van der Waals surface area (Å²) in [6.45, 7) is 1.86. The van der Waals surface area contributed by atoms with E-state index in [9.17, 15) is 5.26 Å². The third-order valence-corrected chi connectivity index (χ3v) is 4.80. The van der Waals surface area contributed by atoms with Gasteiger partial charge in [0, 0.05) is 12.1 Å². The molecule has 1 aromatic rings. The van der Waals surface area contributed by atoms with Gasteiger partial charge in [-0.3, -0.25) is 4.90 Å². The summed E-state index contributed by atoms with van der Waals surface area (Å²) in [6, 6.07) is 9.33. The van der Waals surface area contributed by atoms with Gasteiger partial charge in [-0.2, -0.15) is 5.26 Å². The minimum absolute atomic E-state index is 0.356. The number of methoxy groups -OCH3 is 1. The maximum Gasteiger partial charge on any atom is 0.136 e. The Bertz CT molecular complexity index is 547. The second kappa shape index (κ2) is 6.05. The van der Waals surface area contributed by atoms with Gasteiger partial charge in [0.1, 0.15) is 11.8 Å². The van der Waals surface area contributed by atoms with E-state index in [1.165, 1.54) is 31.2 Å². The number of piperidine rings is 1. The van der Waals surface area contributed by atoms with Crippen molar-refractivity contribution < 1.29 is 4.74 Å². The molecule has 2 aliphatic rings. The van der Waals surface area contributed by atoms with Crippen molar-refractivity contribution in [2.24, 2.45) is 11.7 Å². The summed E-state index contributed by atoms with van der Waals surface area (Å²) in [5.41, 5.74) is 7.86. The van der Waals surface area contributed by atoms with Crippen molar-refractivity contribution in [3.8, 4) is 11.8 Å². The Kier molecular flexibility index (Phi) is 4.14. The molecule has 1 aliphatic heterocycles. The Balaban J connectivity index is 1.96. The first-order valence-corrected chi connectivity index (χ1v) is 7.82. The van der Waals surface area contributed by atoms with Crippen molar-refractivity contribution in [2.75, 3.05) is 20.2 Å². The lowest BCUT2D eigenvalue weighted by molar-refractivity contribution is 0.0879. The van der Waals surface area contributed by atoms with E-state index in [-0.39, 0.29) is 0 Å². The molecule has 3 rings (SSSR count). The number of hydrogen-bond donors (Lipinski definition) is 1. The van der Waals surface area contributed by atoms with Crippen molar-refractivity contribution in [1.82, 2.24) is 4.90 Å². The summed E-state index contributed by atoms with van der Waals surface area (Å²) in [5.74, 6) is 1.14. The van der Waals surface area contributed by atoms with Crippen molar-refractivity contribution in [3.63, 3.8) is 0 Å². The average Bonchev–Trinajstić information content (AvgIpc) is 3.38. The summed E-state index contributed by atoms with van der Waals surface area (Å²) in [6.07, 6.45) is 5.01.